The van der Waals surface area contributed by atoms with Crippen LogP contribution in [0.4, 0.5) is 5.69 Å². The first kappa shape index (κ1) is 14.0. The molecule has 0 radical (unpaired) electrons. The summed E-state index contributed by atoms with van der Waals surface area (Å²) in [6.45, 7) is 5.87. The monoisotopic (exact) mass is 258 g/mol. The molecule has 0 saturated heterocycles. The molecule has 0 atom stereocenters. The quantitative estimate of drug-likeness (QED) is 0.862. The van der Waals surface area contributed by atoms with Gasteiger partial charge in [-0.3, -0.25) is 4.79 Å². The van der Waals surface area contributed by atoms with Gasteiger partial charge in [-0.05, 0) is 20.9 Å². The summed E-state index contributed by atoms with van der Waals surface area (Å²) in [4.78, 5) is 13.7. The second-order valence-electron chi connectivity index (χ2n) is 4.30. The number of nitrogens with zero attached hydrogens (tertiary/aromatic N) is 3. The lowest BCUT2D eigenvalue weighted by atomic mass is 10.3. The van der Waals surface area contributed by atoms with Crippen LogP contribution in [0, 0.1) is 0 Å². The Morgan fingerprint density at radius 1 is 1.59 bits per heavy atom. The molecule has 1 heterocycles. The molecule has 1 rings (SSSR count). The number of aryl methyl sites for hydroxylation is 1. The zero-order valence-corrected chi connectivity index (χ0v) is 11.5. The molecule has 0 aliphatic heterocycles. The fraction of sp³-hybridized carbons (Fsp3) is 0.636. The predicted molar refractivity (Wildman–Crippen MR) is 70.7 cm³/mol. The molecule has 1 aromatic rings. The van der Waals surface area contributed by atoms with Crippen LogP contribution in [-0.4, -0.2) is 40.9 Å². The van der Waals surface area contributed by atoms with Crippen LogP contribution in [-0.2, 0) is 7.05 Å². The van der Waals surface area contributed by atoms with E-state index in [2.05, 4.69) is 36.2 Å². The molecule has 1 aromatic heterocycles. The smallest absolute Gasteiger partial charge is 0.287 e. The molecule has 6 heteroatoms. The molecule has 96 valence electrons. The highest BCUT2D eigenvalue weighted by atomic mass is 35.5. The Bertz CT molecular complexity index is 430. The van der Waals surface area contributed by atoms with Crippen LogP contribution in [0.15, 0.2) is 11.0 Å². The van der Waals surface area contributed by atoms with Gasteiger partial charge in [-0.15, -0.1) is 0 Å². The van der Waals surface area contributed by atoms with Crippen molar-refractivity contribution in [2.45, 2.75) is 19.9 Å². The van der Waals surface area contributed by atoms with E-state index in [-0.39, 0.29) is 10.6 Å². The van der Waals surface area contributed by atoms with E-state index in [4.69, 9.17) is 11.6 Å². The third kappa shape index (κ3) is 3.71. The number of aromatic nitrogens is 2. The maximum Gasteiger partial charge on any atom is 0.287 e. The van der Waals surface area contributed by atoms with Gasteiger partial charge in [0.2, 0.25) is 0 Å². The van der Waals surface area contributed by atoms with E-state index < -0.39 is 0 Å². The Balaban J connectivity index is 2.59. The van der Waals surface area contributed by atoms with Crippen molar-refractivity contribution in [2.75, 3.05) is 25.5 Å². The van der Waals surface area contributed by atoms with Crippen molar-refractivity contribution >= 4 is 17.3 Å². The van der Waals surface area contributed by atoms with Crippen LogP contribution in [0.25, 0.3) is 0 Å². The highest BCUT2D eigenvalue weighted by Gasteiger charge is 2.07. The summed E-state index contributed by atoms with van der Waals surface area (Å²) in [5, 5.41) is 7.22. The SMILES string of the molecule is CC(C)N(C)CCNc1cnn(C)c(=O)c1Cl. The van der Waals surface area contributed by atoms with E-state index in [1.807, 2.05) is 0 Å². The molecule has 5 nitrogen and oxygen atoms in total. The third-order valence-electron chi connectivity index (χ3n) is 2.74. The highest BCUT2D eigenvalue weighted by molar-refractivity contribution is 6.32. The molecule has 0 spiro atoms. The Kier molecular flexibility index (Phi) is 4.96. The Hall–Kier alpha value is -1.07. The minimum Gasteiger partial charge on any atom is -0.381 e. The van der Waals surface area contributed by atoms with Gasteiger partial charge in [0.05, 0.1) is 11.9 Å². The van der Waals surface area contributed by atoms with Crippen LogP contribution < -0.4 is 10.9 Å². The van der Waals surface area contributed by atoms with Crippen LogP contribution in [0.3, 0.4) is 0 Å². The zero-order chi connectivity index (χ0) is 13.0. The van der Waals surface area contributed by atoms with Gasteiger partial charge in [-0.2, -0.15) is 5.10 Å². The van der Waals surface area contributed by atoms with Crippen LogP contribution in [0.2, 0.25) is 5.02 Å². The minimum atomic E-state index is -0.283. The fourth-order valence-electron chi connectivity index (χ4n) is 1.26. The average Bonchev–Trinajstić information content (AvgIpc) is 2.28. The van der Waals surface area contributed by atoms with Gasteiger partial charge in [0, 0.05) is 26.2 Å². The Morgan fingerprint density at radius 3 is 2.82 bits per heavy atom. The van der Waals surface area contributed by atoms with Crippen molar-refractivity contribution in [1.82, 2.24) is 14.7 Å². The van der Waals surface area contributed by atoms with Gasteiger partial charge >= 0.3 is 0 Å². The molecule has 0 amide bonds. The first-order chi connectivity index (χ1) is 7.93. The lowest BCUT2D eigenvalue weighted by Crippen LogP contribution is -2.31. The average molecular weight is 259 g/mol. The number of rotatable bonds is 5. The molecule has 0 bridgehead atoms. The van der Waals surface area contributed by atoms with Gasteiger partial charge in [0.25, 0.3) is 5.56 Å². The van der Waals surface area contributed by atoms with Gasteiger partial charge < -0.3 is 10.2 Å². The minimum absolute atomic E-state index is 0.190. The Labute approximate surface area is 106 Å². The molecule has 0 saturated carbocycles. The standard InChI is InChI=1S/C11H19ClN4O/c1-8(2)15(3)6-5-13-9-7-14-16(4)11(17)10(9)12/h7-8,13H,5-6H2,1-4H3. The van der Waals surface area contributed by atoms with Crippen molar-refractivity contribution in [3.8, 4) is 0 Å². The van der Waals surface area contributed by atoms with Gasteiger partial charge in [0.15, 0.2) is 0 Å². The van der Waals surface area contributed by atoms with Gasteiger partial charge in [-0.1, -0.05) is 11.6 Å². The van der Waals surface area contributed by atoms with Gasteiger partial charge in [0.1, 0.15) is 5.02 Å². The largest absolute Gasteiger partial charge is 0.381 e. The number of nitrogens with one attached hydrogen (secondary N) is 1. The zero-order valence-electron chi connectivity index (χ0n) is 10.7. The van der Waals surface area contributed by atoms with Crippen molar-refractivity contribution in [2.24, 2.45) is 7.05 Å². The van der Waals surface area contributed by atoms with Crippen LogP contribution in [0.1, 0.15) is 13.8 Å². The summed E-state index contributed by atoms with van der Waals surface area (Å²) in [5.74, 6) is 0. The van der Waals surface area contributed by atoms with E-state index >= 15 is 0 Å². The number of halogens is 1. The normalized spacial score (nSPS) is 11.2. The van der Waals surface area contributed by atoms with Gasteiger partial charge in [-0.25, -0.2) is 4.68 Å². The second kappa shape index (κ2) is 6.02. The summed E-state index contributed by atoms with van der Waals surface area (Å²) in [5.41, 5.74) is 0.306. The third-order valence-corrected chi connectivity index (χ3v) is 3.10. The highest BCUT2D eigenvalue weighted by Crippen LogP contribution is 2.14. The number of hydrogen-bond donors (Lipinski definition) is 1. The van der Waals surface area contributed by atoms with Crippen LogP contribution in [0.5, 0.6) is 0 Å². The van der Waals surface area contributed by atoms with E-state index in [0.29, 0.717) is 11.7 Å². The molecule has 0 aromatic carbocycles. The summed E-state index contributed by atoms with van der Waals surface area (Å²) < 4.78 is 1.22. The maximum atomic E-state index is 11.5. The van der Waals surface area contributed by atoms with Crippen molar-refractivity contribution in [3.05, 3.63) is 21.6 Å². The van der Waals surface area contributed by atoms with E-state index in [1.165, 1.54) is 4.68 Å². The molecule has 0 aliphatic rings. The summed E-state index contributed by atoms with van der Waals surface area (Å²) in [6.07, 6.45) is 1.57. The molecule has 17 heavy (non-hydrogen) atoms. The van der Waals surface area contributed by atoms with Crippen LogP contribution >= 0.6 is 11.6 Å². The van der Waals surface area contributed by atoms with Crippen molar-refractivity contribution in [1.29, 1.82) is 0 Å². The molecule has 0 unspecified atom stereocenters. The number of likely N-dealkylation sites (N-methyl/N-ethyl adjacent to an activating group) is 1. The van der Waals surface area contributed by atoms with E-state index in [1.54, 1.807) is 13.2 Å². The first-order valence-corrected chi connectivity index (χ1v) is 5.97. The maximum absolute atomic E-state index is 11.5. The van der Waals surface area contributed by atoms with E-state index in [0.717, 1.165) is 13.1 Å². The first-order valence-electron chi connectivity index (χ1n) is 5.59. The fourth-order valence-corrected chi connectivity index (χ4v) is 1.50. The summed E-state index contributed by atoms with van der Waals surface area (Å²) in [6, 6.07) is 0.494. The number of hydrogen-bond acceptors (Lipinski definition) is 4. The van der Waals surface area contributed by atoms with Crippen molar-refractivity contribution in [3.63, 3.8) is 0 Å². The molecule has 1 N–H and O–H groups in total. The lowest BCUT2D eigenvalue weighted by Gasteiger charge is -2.21. The predicted octanol–water partition coefficient (Wildman–Crippen LogP) is 1.19. The molecular weight excluding hydrogens is 240 g/mol. The topological polar surface area (TPSA) is 50.2 Å². The molecule has 0 aliphatic carbocycles. The lowest BCUT2D eigenvalue weighted by molar-refractivity contribution is 0.284. The van der Waals surface area contributed by atoms with Crippen molar-refractivity contribution < 1.29 is 0 Å². The second-order valence-corrected chi connectivity index (χ2v) is 4.68. The Morgan fingerprint density at radius 2 is 2.24 bits per heavy atom. The molecular formula is C11H19ClN4O. The van der Waals surface area contributed by atoms with E-state index in [9.17, 15) is 4.79 Å². The number of anilines is 1. The summed E-state index contributed by atoms with van der Waals surface area (Å²) >= 11 is 5.93. The molecule has 0 fully saturated rings. The summed E-state index contributed by atoms with van der Waals surface area (Å²) in [7, 11) is 3.63.